The molecule has 6 nitrogen and oxygen atoms in total. The van der Waals surface area contributed by atoms with E-state index in [-0.39, 0.29) is 6.04 Å². The molecule has 3 atom stereocenters. The van der Waals surface area contributed by atoms with Crippen molar-refractivity contribution in [2.45, 2.75) is 51.6 Å². The Morgan fingerprint density at radius 2 is 1.97 bits per heavy atom. The van der Waals surface area contributed by atoms with Crippen LogP contribution in [0.2, 0.25) is 0 Å². The summed E-state index contributed by atoms with van der Waals surface area (Å²) in [4.78, 5) is 18.6. The number of nitrogens with one attached hydrogen (secondary N) is 1. The number of rotatable bonds is 3. The molecule has 2 aromatic carbocycles. The van der Waals surface area contributed by atoms with E-state index in [4.69, 9.17) is 4.98 Å². The van der Waals surface area contributed by atoms with Crippen molar-refractivity contribution >= 4 is 22.8 Å². The Balaban J connectivity index is 1.69. The fourth-order valence-corrected chi connectivity index (χ4v) is 5.39. The number of nitrogens with zero attached hydrogens (tertiary/aromatic N) is 3. The Kier molecular flexibility index (Phi) is 5.18. The Morgan fingerprint density at radius 1 is 1.16 bits per heavy atom. The molecule has 1 saturated heterocycles. The van der Waals surface area contributed by atoms with Crippen molar-refractivity contribution in [3.63, 3.8) is 0 Å². The molecule has 1 fully saturated rings. The second-order valence-corrected chi connectivity index (χ2v) is 9.07. The molecule has 1 amide bonds. The van der Waals surface area contributed by atoms with Crippen LogP contribution in [0.3, 0.4) is 0 Å². The molecule has 2 N–H and O–H groups in total. The maximum absolute atomic E-state index is 12.0. The highest BCUT2D eigenvalue weighted by molar-refractivity contribution is 5.94. The molecule has 2 aliphatic heterocycles. The van der Waals surface area contributed by atoms with Gasteiger partial charge in [-0.2, -0.15) is 0 Å². The van der Waals surface area contributed by atoms with Crippen molar-refractivity contribution in [2.75, 3.05) is 18.0 Å². The fraction of sp³-hybridized carbons (Fsp3) is 0.440. The van der Waals surface area contributed by atoms with Crippen LogP contribution in [-0.2, 0) is 12.8 Å². The second-order valence-electron chi connectivity index (χ2n) is 9.07. The van der Waals surface area contributed by atoms with Crippen molar-refractivity contribution in [1.82, 2.24) is 14.9 Å². The minimum Gasteiger partial charge on any atom is -0.465 e. The van der Waals surface area contributed by atoms with E-state index in [2.05, 4.69) is 47.1 Å². The number of imidazole rings is 1. The molecule has 3 aromatic rings. The van der Waals surface area contributed by atoms with E-state index in [1.54, 1.807) is 0 Å². The molecular formula is C25H30N4O2. The molecule has 0 spiro atoms. The smallest absolute Gasteiger partial charge is 0.412 e. The van der Waals surface area contributed by atoms with E-state index >= 15 is 0 Å². The highest BCUT2D eigenvalue weighted by atomic mass is 16.4. The van der Waals surface area contributed by atoms with Crippen LogP contribution in [0, 0.1) is 5.92 Å². The van der Waals surface area contributed by atoms with Crippen molar-refractivity contribution in [3.8, 4) is 0 Å². The molecule has 1 aromatic heterocycles. The highest BCUT2D eigenvalue weighted by Gasteiger charge is 2.32. The highest BCUT2D eigenvalue weighted by Crippen LogP contribution is 2.39. The van der Waals surface area contributed by atoms with Crippen molar-refractivity contribution in [1.29, 1.82) is 0 Å². The van der Waals surface area contributed by atoms with E-state index in [1.807, 2.05) is 19.1 Å². The summed E-state index contributed by atoms with van der Waals surface area (Å²) in [6, 6.07) is 15.0. The third-order valence-corrected chi connectivity index (χ3v) is 7.01. The summed E-state index contributed by atoms with van der Waals surface area (Å²) in [5, 5.41) is 13.3. The molecule has 31 heavy (non-hydrogen) atoms. The van der Waals surface area contributed by atoms with Gasteiger partial charge in [-0.15, -0.1) is 0 Å². The monoisotopic (exact) mass is 418 g/mol. The van der Waals surface area contributed by atoms with Gasteiger partial charge < -0.3 is 15.0 Å². The molecule has 5 rings (SSSR count). The zero-order valence-electron chi connectivity index (χ0n) is 18.2. The first kappa shape index (κ1) is 20.1. The number of carboxylic acid groups (broad SMARTS) is 1. The SMILES string of the molecule is C[C@@H]1CNCC[C@@H]1n1c(Cc2ccccc2)nc2c3c(ccc21)N(C(=O)O)[C@@H](C)CC3. The molecule has 0 aliphatic carbocycles. The number of aryl methyl sites for hydroxylation is 1. The van der Waals surface area contributed by atoms with Crippen molar-refractivity contribution in [3.05, 3.63) is 59.4 Å². The van der Waals surface area contributed by atoms with Crippen LogP contribution < -0.4 is 10.2 Å². The Hall–Kier alpha value is -2.86. The molecule has 6 heteroatoms. The van der Waals surface area contributed by atoms with Gasteiger partial charge in [-0.25, -0.2) is 9.78 Å². The average Bonchev–Trinajstić information content (AvgIpc) is 3.12. The van der Waals surface area contributed by atoms with E-state index in [0.717, 1.165) is 66.9 Å². The average molecular weight is 419 g/mol. The number of fused-ring (bicyclic) bond motifs is 3. The number of benzene rings is 2. The lowest BCUT2D eigenvalue weighted by Crippen LogP contribution is -2.41. The van der Waals surface area contributed by atoms with Crippen molar-refractivity contribution < 1.29 is 9.90 Å². The van der Waals surface area contributed by atoms with Gasteiger partial charge in [0.25, 0.3) is 0 Å². The number of carbonyl (C=O) groups is 1. The van der Waals surface area contributed by atoms with E-state index in [0.29, 0.717) is 12.0 Å². The number of hydrogen-bond donors (Lipinski definition) is 2. The Labute approximate surface area is 182 Å². The normalized spacial score (nSPS) is 23.7. The first-order valence-corrected chi connectivity index (χ1v) is 11.3. The minimum absolute atomic E-state index is 0.0160. The minimum atomic E-state index is -0.885. The van der Waals surface area contributed by atoms with Gasteiger partial charge in [-0.1, -0.05) is 37.3 Å². The summed E-state index contributed by atoms with van der Waals surface area (Å²) < 4.78 is 2.46. The van der Waals surface area contributed by atoms with Crippen LogP contribution in [0.5, 0.6) is 0 Å². The maximum atomic E-state index is 12.0. The van der Waals surface area contributed by atoms with Gasteiger partial charge in [-0.05, 0) is 62.9 Å². The van der Waals surface area contributed by atoms with E-state index < -0.39 is 6.09 Å². The third kappa shape index (κ3) is 3.49. The second kappa shape index (κ2) is 8.00. The fourth-order valence-electron chi connectivity index (χ4n) is 5.39. The number of aromatic nitrogens is 2. The topological polar surface area (TPSA) is 70.4 Å². The van der Waals surface area contributed by atoms with Crippen LogP contribution >= 0.6 is 0 Å². The number of hydrogen-bond acceptors (Lipinski definition) is 3. The molecule has 162 valence electrons. The number of amides is 1. The summed E-state index contributed by atoms with van der Waals surface area (Å²) in [6.45, 7) is 6.30. The summed E-state index contributed by atoms with van der Waals surface area (Å²) in [5.41, 5.74) is 5.24. The molecule has 0 saturated carbocycles. The Bertz CT molecular complexity index is 1110. The Morgan fingerprint density at radius 3 is 2.71 bits per heavy atom. The molecular weight excluding hydrogens is 388 g/mol. The third-order valence-electron chi connectivity index (χ3n) is 7.01. The standard InChI is InChI=1S/C25H30N4O2/c1-16-15-26-13-12-20(16)29-22-11-10-21-19(9-8-17(2)28(21)25(30)31)24(22)27-23(29)14-18-6-4-3-5-7-18/h3-7,10-11,16-17,20,26H,8-9,12-15H2,1-2H3,(H,30,31)/t16-,17+,20+/m1/s1. The number of piperidine rings is 1. The zero-order valence-corrected chi connectivity index (χ0v) is 18.2. The zero-order chi connectivity index (χ0) is 21.5. The lowest BCUT2D eigenvalue weighted by molar-refractivity contribution is 0.198. The molecule has 0 bridgehead atoms. The molecule has 0 unspecified atom stereocenters. The van der Waals surface area contributed by atoms with Crippen LogP contribution in [0.25, 0.3) is 11.0 Å². The van der Waals surface area contributed by atoms with Crippen LogP contribution in [0.1, 0.15) is 49.7 Å². The predicted molar refractivity (Wildman–Crippen MR) is 123 cm³/mol. The van der Waals surface area contributed by atoms with Gasteiger partial charge in [0.15, 0.2) is 0 Å². The summed E-state index contributed by atoms with van der Waals surface area (Å²) >= 11 is 0. The summed E-state index contributed by atoms with van der Waals surface area (Å²) in [6.07, 6.45) is 2.65. The first-order valence-electron chi connectivity index (χ1n) is 11.3. The summed E-state index contributed by atoms with van der Waals surface area (Å²) in [7, 11) is 0. The predicted octanol–water partition coefficient (Wildman–Crippen LogP) is 4.62. The van der Waals surface area contributed by atoms with Gasteiger partial charge >= 0.3 is 6.09 Å². The van der Waals surface area contributed by atoms with Gasteiger partial charge in [0.05, 0.1) is 16.7 Å². The van der Waals surface area contributed by atoms with Crippen LogP contribution in [-0.4, -0.2) is 39.9 Å². The van der Waals surface area contributed by atoms with Crippen LogP contribution in [0.4, 0.5) is 10.5 Å². The number of anilines is 1. The molecule has 2 aliphatic rings. The molecule has 3 heterocycles. The maximum Gasteiger partial charge on any atom is 0.412 e. The summed E-state index contributed by atoms with van der Waals surface area (Å²) in [5.74, 6) is 1.58. The molecule has 0 radical (unpaired) electrons. The lowest BCUT2D eigenvalue weighted by atomic mass is 9.93. The van der Waals surface area contributed by atoms with E-state index in [1.165, 1.54) is 10.5 Å². The van der Waals surface area contributed by atoms with E-state index in [9.17, 15) is 9.90 Å². The quantitative estimate of drug-likeness (QED) is 0.651. The van der Waals surface area contributed by atoms with Gasteiger partial charge in [-0.3, -0.25) is 4.90 Å². The van der Waals surface area contributed by atoms with Gasteiger partial charge in [0.1, 0.15) is 5.82 Å². The lowest BCUT2D eigenvalue weighted by Gasteiger charge is -2.34. The van der Waals surface area contributed by atoms with Crippen LogP contribution in [0.15, 0.2) is 42.5 Å². The largest absolute Gasteiger partial charge is 0.465 e. The van der Waals surface area contributed by atoms with Gasteiger partial charge in [0.2, 0.25) is 0 Å². The van der Waals surface area contributed by atoms with Crippen molar-refractivity contribution in [2.24, 2.45) is 5.92 Å². The van der Waals surface area contributed by atoms with Gasteiger partial charge in [0, 0.05) is 24.1 Å². The first-order chi connectivity index (χ1) is 15.0.